The summed E-state index contributed by atoms with van der Waals surface area (Å²) in [5.74, 6) is -1.32. The first kappa shape index (κ1) is 26.2. The molecule has 0 spiro atoms. The molecule has 1 fully saturated rings. The van der Waals surface area contributed by atoms with Crippen LogP contribution in [0.1, 0.15) is 68.2 Å². The van der Waals surface area contributed by atoms with Crippen molar-refractivity contribution in [3.63, 3.8) is 0 Å². The molecule has 4 atom stereocenters. The third-order valence-electron chi connectivity index (χ3n) is 4.50. The van der Waals surface area contributed by atoms with Gasteiger partial charge in [-0.05, 0) is 53.9 Å². The zero-order valence-corrected chi connectivity index (χ0v) is 19.4. The SMILES string of the molecule is CC(C)C(NC(=O)OC(C)(C)C)C(=O)N1CC[C@@H](O)[C@H]1C(O)CC(=O)OC(C)(C)C. The summed E-state index contributed by atoms with van der Waals surface area (Å²) in [7, 11) is 0. The number of nitrogens with one attached hydrogen (secondary N) is 1. The molecule has 30 heavy (non-hydrogen) atoms. The Morgan fingerprint density at radius 2 is 1.60 bits per heavy atom. The van der Waals surface area contributed by atoms with E-state index in [1.54, 1.807) is 55.4 Å². The van der Waals surface area contributed by atoms with Crippen LogP contribution in [0.5, 0.6) is 0 Å². The molecule has 9 heteroatoms. The standard InChI is InChI=1S/C21H38N2O7/c1-12(2)16(22-19(28)30-21(6,7)8)18(27)23-10-9-13(24)17(23)14(25)11-15(26)29-20(3,4)5/h12-14,16-17,24-25H,9-11H2,1-8H3,(H,22,28)/t13-,14?,16?,17+/m1/s1. The molecular weight excluding hydrogens is 392 g/mol. The zero-order chi connectivity index (χ0) is 23.4. The van der Waals surface area contributed by atoms with Crippen LogP contribution >= 0.6 is 0 Å². The number of rotatable bonds is 6. The van der Waals surface area contributed by atoms with E-state index in [1.165, 1.54) is 4.90 Å². The predicted molar refractivity (Wildman–Crippen MR) is 111 cm³/mol. The number of aliphatic hydroxyl groups is 2. The van der Waals surface area contributed by atoms with Gasteiger partial charge in [-0.25, -0.2) is 4.79 Å². The Hall–Kier alpha value is -1.87. The lowest BCUT2D eigenvalue weighted by atomic mass is 9.99. The van der Waals surface area contributed by atoms with E-state index in [4.69, 9.17) is 9.47 Å². The lowest BCUT2D eigenvalue weighted by Crippen LogP contribution is -2.56. The maximum Gasteiger partial charge on any atom is 0.408 e. The Morgan fingerprint density at radius 3 is 2.07 bits per heavy atom. The van der Waals surface area contributed by atoms with Crippen molar-refractivity contribution in [2.24, 2.45) is 5.92 Å². The fourth-order valence-corrected chi connectivity index (χ4v) is 3.32. The highest BCUT2D eigenvalue weighted by atomic mass is 16.6. The molecule has 1 saturated heterocycles. The third kappa shape index (κ3) is 8.10. The third-order valence-corrected chi connectivity index (χ3v) is 4.50. The van der Waals surface area contributed by atoms with Crippen LogP contribution < -0.4 is 5.32 Å². The van der Waals surface area contributed by atoms with Gasteiger partial charge in [0.25, 0.3) is 0 Å². The van der Waals surface area contributed by atoms with Gasteiger partial charge in [0, 0.05) is 6.54 Å². The molecule has 2 amide bonds. The lowest BCUT2D eigenvalue weighted by molar-refractivity contribution is -0.159. The molecule has 0 aromatic carbocycles. The van der Waals surface area contributed by atoms with Gasteiger partial charge in [0.05, 0.1) is 24.7 Å². The number of hydrogen-bond acceptors (Lipinski definition) is 7. The molecule has 1 heterocycles. The summed E-state index contributed by atoms with van der Waals surface area (Å²) in [5.41, 5.74) is -1.43. The monoisotopic (exact) mass is 430 g/mol. The van der Waals surface area contributed by atoms with Crippen molar-refractivity contribution in [1.82, 2.24) is 10.2 Å². The maximum absolute atomic E-state index is 13.2. The Balaban J connectivity index is 2.92. The van der Waals surface area contributed by atoms with Crippen molar-refractivity contribution in [1.29, 1.82) is 0 Å². The number of aliphatic hydroxyl groups excluding tert-OH is 2. The first-order chi connectivity index (χ1) is 13.5. The summed E-state index contributed by atoms with van der Waals surface area (Å²) in [6, 6.07) is -1.87. The number of amides is 2. The molecule has 3 N–H and O–H groups in total. The van der Waals surface area contributed by atoms with E-state index in [0.29, 0.717) is 0 Å². The Bertz CT molecular complexity index is 622. The molecular formula is C21H38N2O7. The van der Waals surface area contributed by atoms with Crippen LogP contribution in [0, 0.1) is 5.92 Å². The molecule has 1 rings (SSSR count). The highest BCUT2D eigenvalue weighted by molar-refractivity contribution is 5.86. The van der Waals surface area contributed by atoms with Crippen molar-refractivity contribution in [2.45, 2.75) is 104 Å². The second kappa shape index (κ2) is 9.96. The largest absolute Gasteiger partial charge is 0.460 e. The van der Waals surface area contributed by atoms with E-state index in [-0.39, 0.29) is 25.3 Å². The first-order valence-corrected chi connectivity index (χ1v) is 10.4. The van der Waals surface area contributed by atoms with E-state index in [2.05, 4.69) is 5.32 Å². The van der Waals surface area contributed by atoms with Gasteiger partial charge < -0.3 is 29.9 Å². The first-order valence-electron chi connectivity index (χ1n) is 10.4. The second-order valence-corrected chi connectivity index (χ2v) is 10.1. The van der Waals surface area contributed by atoms with E-state index >= 15 is 0 Å². The Morgan fingerprint density at radius 1 is 1.07 bits per heavy atom. The van der Waals surface area contributed by atoms with Gasteiger partial charge in [-0.1, -0.05) is 13.8 Å². The minimum absolute atomic E-state index is 0.204. The number of ether oxygens (including phenoxy) is 2. The van der Waals surface area contributed by atoms with Gasteiger partial charge in [0.1, 0.15) is 17.2 Å². The molecule has 0 saturated carbocycles. The van der Waals surface area contributed by atoms with Crippen molar-refractivity contribution in [2.75, 3.05) is 6.54 Å². The molecule has 0 radical (unpaired) electrons. The van der Waals surface area contributed by atoms with E-state index in [0.717, 1.165) is 0 Å². The predicted octanol–water partition coefficient (Wildman–Crippen LogP) is 1.59. The van der Waals surface area contributed by atoms with Gasteiger partial charge in [0.2, 0.25) is 5.91 Å². The van der Waals surface area contributed by atoms with Gasteiger partial charge in [-0.3, -0.25) is 9.59 Å². The molecule has 1 aliphatic rings. The topological polar surface area (TPSA) is 125 Å². The molecule has 0 aromatic heterocycles. The molecule has 0 aromatic rings. The Kier molecular flexibility index (Phi) is 8.69. The molecule has 9 nitrogen and oxygen atoms in total. The molecule has 1 aliphatic heterocycles. The maximum atomic E-state index is 13.2. The van der Waals surface area contributed by atoms with E-state index in [9.17, 15) is 24.6 Å². The average molecular weight is 431 g/mol. The number of carbonyl (C=O) groups is 3. The van der Waals surface area contributed by atoms with Gasteiger partial charge >= 0.3 is 12.1 Å². The van der Waals surface area contributed by atoms with Crippen LogP contribution in [0.25, 0.3) is 0 Å². The number of likely N-dealkylation sites (tertiary alicyclic amines) is 1. The highest BCUT2D eigenvalue weighted by Crippen LogP contribution is 2.25. The smallest absolute Gasteiger partial charge is 0.408 e. The van der Waals surface area contributed by atoms with Gasteiger partial charge in [0.15, 0.2) is 0 Å². The summed E-state index contributed by atoms with van der Waals surface area (Å²) in [4.78, 5) is 38.8. The van der Waals surface area contributed by atoms with Crippen LogP contribution in [0.4, 0.5) is 4.79 Å². The number of nitrogens with zero attached hydrogens (tertiary/aromatic N) is 1. The van der Waals surface area contributed by atoms with Crippen LogP contribution in [0.15, 0.2) is 0 Å². The fourth-order valence-electron chi connectivity index (χ4n) is 3.32. The van der Waals surface area contributed by atoms with E-state index in [1.807, 2.05) is 0 Å². The average Bonchev–Trinajstić information content (AvgIpc) is 2.89. The minimum atomic E-state index is -1.30. The summed E-state index contributed by atoms with van der Waals surface area (Å²) < 4.78 is 10.5. The van der Waals surface area contributed by atoms with Crippen molar-refractivity contribution in [3.05, 3.63) is 0 Å². The van der Waals surface area contributed by atoms with Crippen molar-refractivity contribution in [3.8, 4) is 0 Å². The number of esters is 1. The van der Waals surface area contributed by atoms with Crippen LogP contribution in [-0.2, 0) is 19.1 Å². The number of carbonyl (C=O) groups excluding carboxylic acids is 3. The van der Waals surface area contributed by atoms with Crippen LogP contribution in [-0.4, -0.2) is 75.1 Å². The highest BCUT2D eigenvalue weighted by Gasteiger charge is 2.44. The number of hydrogen-bond donors (Lipinski definition) is 3. The number of alkyl carbamates (subject to hydrolysis) is 1. The van der Waals surface area contributed by atoms with E-state index < -0.39 is 53.5 Å². The van der Waals surface area contributed by atoms with Crippen LogP contribution in [0.2, 0.25) is 0 Å². The lowest BCUT2D eigenvalue weighted by Gasteiger charge is -2.34. The van der Waals surface area contributed by atoms with Crippen LogP contribution in [0.3, 0.4) is 0 Å². The molecule has 174 valence electrons. The zero-order valence-electron chi connectivity index (χ0n) is 19.4. The quantitative estimate of drug-likeness (QED) is 0.546. The normalized spacial score (nSPS) is 21.9. The summed E-state index contributed by atoms with van der Waals surface area (Å²) in [6.45, 7) is 14.1. The summed E-state index contributed by atoms with van der Waals surface area (Å²) in [6.07, 6.45) is -3.09. The Labute approximate surface area is 179 Å². The van der Waals surface area contributed by atoms with Crippen molar-refractivity contribution >= 4 is 18.0 Å². The molecule has 0 bridgehead atoms. The summed E-state index contributed by atoms with van der Waals surface area (Å²) >= 11 is 0. The fraction of sp³-hybridized carbons (Fsp3) is 0.857. The van der Waals surface area contributed by atoms with Gasteiger partial charge in [-0.15, -0.1) is 0 Å². The van der Waals surface area contributed by atoms with Gasteiger partial charge in [-0.2, -0.15) is 0 Å². The molecule has 2 unspecified atom stereocenters. The summed E-state index contributed by atoms with van der Waals surface area (Å²) in [5, 5.41) is 23.5. The minimum Gasteiger partial charge on any atom is -0.460 e. The van der Waals surface area contributed by atoms with Crippen molar-refractivity contribution < 1.29 is 34.1 Å². The second-order valence-electron chi connectivity index (χ2n) is 10.1. The molecule has 0 aliphatic carbocycles.